The Morgan fingerprint density at radius 2 is 1.88 bits per heavy atom. The fraction of sp³-hybridized carbons (Fsp3) is 0.412. The lowest BCUT2D eigenvalue weighted by Crippen LogP contribution is -2.39. The highest BCUT2D eigenvalue weighted by molar-refractivity contribution is 7.92. The van der Waals surface area contributed by atoms with Gasteiger partial charge in [-0.25, -0.2) is 18.4 Å². The van der Waals surface area contributed by atoms with E-state index in [0.717, 1.165) is 17.0 Å². The zero-order chi connectivity index (χ0) is 17.4. The van der Waals surface area contributed by atoms with Crippen molar-refractivity contribution in [1.82, 2.24) is 9.97 Å². The normalized spacial score (nSPS) is 17.1. The molecule has 128 valence electrons. The van der Waals surface area contributed by atoms with E-state index < -0.39 is 14.6 Å². The third kappa shape index (κ3) is 3.08. The maximum Gasteiger partial charge on any atom is 0.223 e. The SMILES string of the molecule is COc1ccc(-c2ccnc(NC(C)C3(S(C)(=O)=O)CC3)n2)cc1. The van der Waals surface area contributed by atoms with Gasteiger partial charge in [-0.1, -0.05) is 0 Å². The number of aromatic nitrogens is 2. The van der Waals surface area contributed by atoms with Gasteiger partial charge in [-0.15, -0.1) is 0 Å². The van der Waals surface area contributed by atoms with Crippen LogP contribution in [0.2, 0.25) is 0 Å². The summed E-state index contributed by atoms with van der Waals surface area (Å²) in [7, 11) is -1.49. The monoisotopic (exact) mass is 347 g/mol. The summed E-state index contributed by atoms with van der Waals surface area (Å²) >= 11 is 0. The minimum Gasteiger partial charge on any atom is -0.497 e. The molecule has 3 rings (SSSR count). The van der Waals surface area contributed by atoms with Crippen LogP contribution >= 0.6 is 0 Å². The average molecular weight is 347 g/mol. The fourth-order valence-electron chi connectivity index (χ4n) is 2.92. The van der Waals surface area contributed by atoms with E-state index in [2.05, 4.69) is 15.3 Å². The van der Waals surface area contributed by atoms with Crippen molar-refractivity contribution < 1.29 is 13.2 Å². The Hall–Kier alpha value is -2.15. The van der Waals surface area contributed by atoms with Gasteiger partial charge in [0, 0.05) is 24.1 Å². The first-order valence-corrected chi connectivity index (χ1v) is 9.68. The van der Waals surface area contributed by atoms with E-state index in [4.69, 9.17) is 4.74 Å². The standard InChI is InChI=1S/C17H21N3O3S/c1-12(17(9-10-17)24(3,21)22)19-16-18-11-8-15(20-16)13-4-6-14(23-2)7-5-13/h4-8,11-12H,9-10H2,1-3H3,(H,18,19,20). The molecule has 24 heavy (non-hydrogen) atoms. The summed E-state index contributed by atoms with van der Waals surface area (Å²) in [6.45, 7) is 1.87. The highest BCUT2D eigenvalue weighted by atomic mass is 32.2. The van der Waals surface area contributed by atoms with Gasteiger partial charge in [0.15, 0.2) is 9.84 Å². The Morgan fingerprint density at radius 3 is 2.42 bits per heavy atom. The highest BCUT2D eigenvalue weighted by Gasteiger charge is 2.56. The van der Waals surface area contributed by atoms with Gasteiger partial charge in [0.05, 0.1) is 17.6 Å². The van der Waals surface area contributed by atoms with Crippen molar-refractivity contribution in [3.63, 3.8) is 0 Å². The molecule has 1 atom stereocenters. The molecule has 0 aliphatic heterocycles. The van der Waals surface area contributed by atoms with Gasteiger partial charge < -0.3 is 10.1 Å². The Labute approximate surface area is 142 Å². The van der Waals surface area contributed by atoms with Crippen LogP contribution in [0.1, 0.15) is 19.8 Å². The molecular weight excluding hydrogens is 326 g/mol. The number of nitrogens with zero attached hydrogens (tertiary/aromatic N) is 2. The van der Waals surface area contributed by atoms with E-state index >= 15 is 0 Å². The second kappa shape index (κ2) is 6.05. The zero-order valence-electron chi connectivity index (χ0n) is 14.0. The summed E-state index contributed by atoms with van der Waals surface area (Å²) in [6, 6.07) is 9.17. The van der Waals surface area contributed by atoms with Gasteiger partial charge in [0.2, 0.25) is 5.95 Å². The molecule has 6 nitrogen and oxygen atoms in total. The van der Waals surface area contributed by atoms with Crippen LogP contribution in [0.25, 0.3) is 11.3 Å². The summed E-state index contributed by atoms with van der Waals surface area (Å²) < 4.78 is 28.5. The van der Waals surface area contributed by atoms with Crippen LogP contribution in [-0.4, -0.2) is 42.5 Å². The lowest BCUT2D eigenvalue weighted by atomic mass is 10.1. The number of ether oxygens (including phenoxy) is 1. The largest absolute Gasteiger partial charge is 0.497 e. The van der Waals surface area contributed by atoms with E-state index in [-0.39, 0.29) is 6.04 Å². The van der Waals surface area contributed by atoms with Crippen LogP contribution in [0.15, 0.2) is 36.5 Å². The molecule has 7 heteroatoms. The molecule has 0 saturated heterocycles. The maximum absolute atomic E-state index is 12.0. The van der Waals surface area contributed by atoms with Crippen molar-refractivity contribution in [2.45, 2.75) is 30.6 Å². The van der Waals surface area contributed by atoms with E-state index in [1.165, 1.54) is 6.26 Å². The van der Waals surface area contributed by atoms with E-state index in [1.54, 1.807) is 13.3 Å². The molecule has 0 radical (unpaired) electrons. The highest BCUT2D eigenvalue weighted by Crippen LogP contribution is 2.46. The lowest BCUT2D eigenvalue weighted by molar-refractivity contribution is 0.415. The quantitative estimate of drug-likeness (QED) is 0.865. The molecule has 1 aliphatic carbocycles. The van der Waals surface area contributed by atoms with Crippen molar-refractivity contribution in [3.8, 4) is 17.0 Å². The van der Waals surface area contributed by atoms with Crippen LogP contribution in [0.5, 0.6) is 5.75 Å². The van der Waals surface area contributed by atoms with Gasteiger partial charge in [-0.2, -0.15) is 0 Å². The minimum atomic E-state index is -3.11. The number of methoxy groups -OCH3 is 1. The topological polar surface area (TPSA) is 81.2 Å². The molecule has 1 aliphatic rings. The molecule has 0 bridgehead atoms. The molecule has 1 saturated carbocycles. The van der Waals surface area contributed by atoms with Crippen LogP contribution in [0.4, 0.5) is 5.95 Å². The lowest BCUT2D eigenvalue weighted by Gasteiger charge is -2.23. The molecule has 1 unspecified atom stereocenters. The number of rotatable bonds is 6. The van der Waals surface area contributed by atoms with Gasteiger partial charge in [0.25, 0.3) is 0 Å². The number of anilines is 1. The Kier molecular flexibility index (Phi) is 4.21. The molecule has 0 spiro atoms. The third-order valence-electron chi connectivity index (χ3n) is 4.66. The van der Waals surface area contributed by atoms with Crippen molar-refractivity contribution in [2.75, 3.05) is 18.7 Å². The van der Waals surface area contributed by atoms with E-state index in [0.29, 0.717) is 18.8 Å². The first-order chi connectivity index (χ1) is 11.4. The Morgan fingerprint density at radius 1 is 1.21 bits per heavy atom. The summed E-state index contributed by atoms with van der Waals surface area (Å²) in [5.74, 6) is 1.22. The third-order valence-corrected chi connectivity index (χ3v) is 6.90. The van der Waals surface area contributed by atoms with Gasteiger partial charge in [-0.05, 0) is 50.1 Å². The Balaban J connectivity index is 1.81. The molecule has 1 aromatic carbocycles. The first kappa shape index (κ1) is 16.7. The summed E-state index contributed by atoms with van der Waals surface area (Å²) in [5, 5.41) is 3.16. The van der Waals surface area contributed by atoms with E-state index in [1.807, 2.05) is 37.3 Å². The molecule has 0 amide bonds. The number of hydrogen-bond donors (Lipinski definition) is 1. The molecule has 1 N–H and O–H groups in total. The maximum atomic E-state index is 12.0. The molecule has 1 heterocycles. The smallest absolute Gasteiger partial charge is 0.223 e. The van der Waals surface area contributed by atoms with Crippen LogP contribution < -0.4 is 10.1 Å². The predicted molar refractivity (Wildman–Crippen MR) is 93.9 cm³/mol. The zero-order valence-corrected chi connectivity index (χ0v) is 14.8. The first-order valence-electron chi connectivity index (χ1n) is 7.79. The summed E-state index contributed by atoms with van der Waals surface area (Å²) in [5.41, 5.74) is 1.71. The fourth-order valence-corrected chi connectivity index (χ4v) is 4.47. The van der Waals surface area contributed by atoms with Crippen molar-refractivity contribution >= 4 is 15.8 Å². The molecular formula is C17H21N3O3S. The van der Waals surface area contributed by atoms with Crippen molar-refractivity contribution in [2.24, 2.45) is 0 Å². The molecule has 2 aromatic rings. The van der Waals surface area contributed by atoms with Crippen LogP contribution in [-0.2, 0) is 9.84 Å². The number of benzene rings is 1. The van der Waals surface area contributed by atoms with Gasteiger partial charge >= 0.3 is 0 Å². The molecule has 1 fully saturated rings. The average Bonchev–Trinajstić information content (AvgIpc) is 3.37. The van der Waals surface area contributed by atoms with Gasteiger partial charge in [0.1, 0.15) is 5.75 Å². The van der Waals surface area contributed by atoms with E-state index in [9.17, 15) is 8.42 Å². The summed E-state index contributed by atoms with van der Waals surface area (Å²) in [4.78, 5) is 8.72. The number of sulfone groups is 1. The number of hydrogen-bond acceptors (Lipinski definition) is 6. The predicted octanol–water partition coefficient (Wildman–Crippen LogP) is 2.53. The van der Waals surface area contributed by atoms with Crippen LogP contribution in [0, 0.1) is 0 Å². The summed E-state index contributed by atoms with van der Waals surface area (Å²) in [6.07, 6.45) is 4.32. The molecule has 1 aromatic heterocycles. The van der Waals surface area contributed by atoms with Crippen LogP contribution in [0.3, 0.4) is 0 Å². The van der Waals surface area contributed by atoms with Gasteiger partial charge in [-0.3, -0.25) is 0 Å². The van der Waals surface area contributed by atoms with Crippen molar-refractivity contribution in [3.05, 3.63) is 36.5 Å². The minimum absolute atomic E-state index is 0.237. The van der Waals surface area contributed by atoms with Crippen molar-refractivity contribution in [1.29, 1.82) is 0 Å². The number of nitrogens with one attached hydrogen (secondary N) is 1. The second-order valence-electron chi connectivity index (χ2n) is 6.20. The second-order valence-corrected chi connectivity index (χ2v) is 8.55. The Bertz CT molecular complexity index is 830.